The number of morpholine rings is 1. The number of aryl methyl sites for hydroxylation is 1. The van der Waals surface area contributed by atoms with E-state index in [4.69, 9.17) is 21.3 Å². The molecule has 1 fully saturated rings. The third-order valence-corrected chi connectivity index (χ3v) is 5.73. The Labute approximate surface area is 188 Å². The third kappa shape index (κ3) is 5.58. The lowest BCUT2D eigenvalue weighted by Gasteiger charge is -2.32. The van der Waals surface area contributed by atoms with Crippen LogP contribution in [-0.2, 0) is 17.7 Å². The molecule has 0 spiro atoms. The van der Waals surface area contributed by atoms with Crippen molar-refractivity contribution >= 4 is 17.5 Å². The van der Waals surface area contributed by atoms with Gasteiger partial charge in [0.15, 0.2) is 0 Å². The van der Waals surface area contributed by atoms with E-state index in [-0.39, 0.29) is 6.10 Å². The van der Waals surface area contributed by atoms with Crippen LogP contribution in [0.2, 0.25) is 5.02 Å². The van der Waals surface area contributed by atoms with E-state index in [1.54, 1.807) is 0 Å². The minimum atomic E-state index is -0.0550. The van der Waals surface area contributed by atoms with Crippen molar-refractivity contribution in [2.24, 2.45) is 0 Å². The van der Waals surface area contributed by atoms with Gasteiger partial charge in [0.05, 0.1) is 12.3 Å². The van der Waals surface area contributed by atoms with Crippen LogP contribution in [0, 0.1) is 6.92 Å². The fourth-order valence-corrected chi connectivity index (χ4v) is 4.04. The second-order valence-corrected chi connectivity index (χ2v) is 8.60. The van der Waals surface area contributed by atoms with Crippen LogP contribution in [0.15, 0.2) is 48.8 Å². The van der Waals surface area contributed by atoms with E-state index in [0.29, 0.717) is 6.61 Å². The van der Waals surface area contributed by atoms with Crippen molar-refractivity contribution in [2.45, 2.75) is 26.0 Å². The van der Waals surface area contributed by atoms with Crippen LogP contribution < -0.4 is 4.90 Å². The number of aromatic nitrogens is 3. The molecule has 1 saturated heterocycles. The molecule has 6 nitrogen and oxygen atoms in total. The molecular formula is C24H28ClN5O. The number of hydrogen-bond donors (Lipinski definition) is 0. The normalized spacial score (nSPS) is 17.0. The van der Waals surface area contributed by atoms with Crippen LogP contribution in [0.25, 0.3) is 0 Å². The molecule has 0 aliphatic carbocycles. The second kappa shape index (κ2) is 9.73. The lowest BCUT2D eigenvalue weighted by atomic mass is 10.0. The van der Waals surface area contributed by atoms with E-state index < -0.39 is 0 Å². The topological polar surface area (TPSA) is 54.4 Å². The van der Waals surface area contributed by atoms with Gasteiger partial charge >= 0.3 is 0 Å². The van der Waals surface area contributed by atoms with E-state index in [1.165, 1.54) is 5.56 Å². The molecule has 0 amide bonds. The molecule has 2 aromatic heterocycles. The number of benzene rings is 1. The molecule has 162 valence electrons. The van der Waals surface area contributed by atoms with Crippen LogP contribution in [0.1, 0.15) is 34.2 Å². The van der Waals surface area contributed by atoms with Gasteiger partial charge in [0.2, 0.25) is 5.95 Å². The highest BCUT2D eigenvalue weighted by Crippen LogP contribution is 2.25. The van der Waals surface area contributed by atoms with Crippen LogP contribution in [0.5, 0.6) is 0 Å². The predicted molar refractivity (Wildman–Crippen MR) is 124 cm³/mol. The summed E-state index contributed by atoms with van der Waals surface area (Å²) in [6.07, 6.45) is 4.53. The molecule has 3 heterocycles. The molecule has 1 atom stereocenters. The van der Waals surface area contributed by atoms with Gasteiger partial charge in [-0.15, -0.1) is 0 Å². The van der Waals surface area contributed by atoms with Gasteiger partial charge in [-0.3, -0.25) is 9.88 Å². The van der Waals surface area contributed by atoms with Gasteiger partial charge in [-0.25, -0.2) is 9.97 Å². The Morgan fingerprint density at radius 1 is 1.13 bits per heavy atom. The molecule has 31 heavy (non-hydrogen) atoms. The molecule has 0 unspecified atom stereocenters. The Kier molecular flexibility index (Phi) is 6.80. The first kappa shape index (κ1) is 21.7. The molecule has 7 heteroatoms. The molecule has 1 aliphatic heterocycles. The summed E-state index contributed by atoms with van der Waals surface area (Å²) in [6.45, 7) is 5.17. The average molecular weight is 438 g/mol. The first-order valence-corrected chi connectivity index (χ1v) is 10.9. The molecule has 1 aliphatic rings. The fourth-order valence-electron chi connectivity index (χ4n) is 3.84. The van der Waals surface area contributed by atoms with Gasteiger partial charge in [0.1, 0.15) is 6.10 Å². The number of pyridine rings is 1. The molecule has 0 saturated carbocycles. The molecule has 3 aromatic rings. The van der Waals surface area contributed by atoms with Crippen molar-refractivity contribution in [2.75, 3.05) is 38.7 Å². The smallest absolute Gasteiger partial charge is 0.224 e. The first-order chi connectivity index (χ1) is 15.0. The van der Waals surface area contributed by atoms with E-state index >= 15 is 0 Å². The largest absolute Gasteiger partial charge is 0.369 e. The van der Waals surface area contributed by atoms with Gasteiger partial charge in [0.25, 0.3) is 0 Å². The van der Waals surface area contributed by atoms with Crippen LogP contribution in [0.4, 0.5) is 5.95 Å². The van der Waals surface area contributed by atoms with Gasteiger partial charge in [-0.05, 0) is 42.7 Å². The summed E-state index contributed by atoms with van der Waals surface area (Å²) < 4.78 is 6.10. The SMILES string of the molecule is Cc1cc(Cc2ccccc2Cl)cc([C@@H]2CN(Cc3cnc(N(C)C)nc3)CCO2)n1. The van der Waals surface area contributed by atoms with E-state index in [1.807, 2.05) is 56.5 Å². The minimum absolute atomic E-state index is 0.0550. The quantitative estimate of drug-likeness (QED) is 0.579. The lowest BCUT2D eigenvalue weighted by Crippen LogP contribution is -2.38. The second-order valence-electron chi connectivity index (χ2n) is 8.19. The number of nitrogens with zero attached hydrogens (tertiary/aromatic N) is 5. The van der Waals surface area contributed by atoms with Crippen molar-refractivity contribution < 1.29 is 4.74 Å². The van der Waals surface area contributed by atoms with Crippen LogP contribution in [0.3, 0.4) is 0 Å². The molecule has 0 bridgehead atoms. The molecule has 0 radical (unpaired) electrons. The summed E-state index contributed by atoms with van der Waals surface area (Å²) in [5.74, 6) is 0.721. The number of anilines is 1. The number of hydrogen-bond acceptors (Lipinski definition) is 6. The summed E-state index contributed by atoms with van der Waals surface area (Å²) in [6, 6.07) is 12.3. The Balaban J connectivity index is 1.46. The Hall–Kier alpha value is -2.54. The fraction of sp³-hybridized carbons (Fsp3) is 0.375. The summed E-state index contributed by atoms with van der Waals surface area (Å²) >= 11 is 6.37. The summed E-state index contributed by atoms with van der Waals surface area (Å²) in [4.78, 5) is 17.9. The van der Waals surface area contributed by atoms with Crippen molar-refractivity contribution in [1.29, 1.82) is 0 Å². The van der Waals surface area contributed by atoms with Gasteiger partial charge in [-0.2, -0.15) is 0 Å². The Morgan fingerprint density at radius 3 is 2.65 bits per heavy atom. The maximum atomic E-state index is 6.37. The van der Waals surface area contributed by atoms with Gasteiger partial charge in [0, 0.05) is 62.4 Å². The average Bonchev–Trinajstić information content (AvgIpc) is 2.76. The number of ether oxygens (including phenoxy) is 1. The summed E-state index contributed by atoms with van der Waals surface area (Å²) in [5.41, 5.74) is 5.39. The number of halogens is 1. The van der Waals surface area contributed by atoms with Gasteiger partial charge < -0.3 is 9.64 Å². The molecular weight excluding hydrogens is 410 g/mol. The molecule has 4 rings (SSSR count). The Morgan fingerprint density at radius 2 is 1.90 bits per heavy atom. The predicted octanol–water partition coefficient (Wildman–Crippen LogP) is 4.06. The van der Waals surface area contributed by atoms with Crippen molar-refractivity contribution in [3.05, 3.63) is 81.9 Å². The van der Waals surface area contributed by atoms with Crippen LogP contribution in [-0.4, -0.2) is 53.6 Å². The lowest BCUT2D eigenvalue weighted by molar-refractivity contribution is -0.0351. The highest BCUT2D eigenvalue weighted by Gasteiger charge is 2.24. The van der Waals surface area contributed by atoms with Gasteiger partial charge in [-0.1, -0.05) is 29.8 Å². The maximum Gasteiger partial charge on any atom is 0.224 e. The van der Waals surface area contributed by atoms with E-state index in [0.717, 1.165) is 59.5 Å². The van der Waals surface area contributed by atoms with Crippen molar-refractivity contribution in [1.82, 2.24) is 19.9 Å². The minimum Gasteiger partial charge on any atom is -0.369 e. The van der Waals surface area contributed by atoms with Crippen LogP contribution >= 0.6 is 11.6 Å². The molecule has 0 N–H and O–H groups in total. The third-order valence-electron chi connectivity index (χ3n) is 5.36. The monoisotopic (exact) mass is 437 g/mol. The Bertz CT molecular complexity index is 1020. The molecule has 1 aromatic carbocycles. The van der Waals surface area contributed by atoms with Crippen molar-refractivity contribution in [3.8, 4) is 0 Å². The highest BCUT2D eigenvalue weighted by atomic mass is 35.5. The first-order valence-electron chi connectivity index (χ1n) is 10.5. The zero-order chi connectivity index (χ0) is 21.8. The number of rotatable bonds is 6. The summed E-state index contributed by atoms with van der Waals surface area (Å²) in [5, 5.41) is 0.793. The zero-order valence-electron chi connectivity index (χ0n) is 18.3. The van der Waals surface area contributed by atoms with E-state index in [2.05, 4.69) is 33.1 Å². The highest BCUT2D eigenvalue weighted by molar-refractivity contribution is 6.31. The summed E-state index contributed by atoms with van der Waals surface area (Å²) in [7, 11) is 3.88. The van der Waals surface area contributed by atoms with Crippen molar-refractivity contribution in [3.63, 3.8) is 0 Å². The zero-order valence-corrected chi connectivity index (χ0v) is 19.0. The maximum absolute atomic E-state index is 6.37. The standard InChI is InChI=1S/C24H28ClN5O/c1-17-10-18(11-20-6-4-5-7-21(20)25)12-22(28-17)23-16-30(8-9-31-23)15-19-13-26-24(27-14-19)29(2)3/h4-7,10,12-14,23H,8-9,11,15-16H2,1-3H3/t23-/m0/s1. The van der Waals surface area contributed by atoms with E-state index in [9.17, 15) is 0 Å².